The zero-order valence-corrected chi connectivity index (χ0v) is 12.2. The van der Waals surface area contributed by atoms with Crippen molar-refractivity contribution in [2.75, 3.05) is 14.1 Å². The quantitative estimate of drug-likeness (QED) is 0.935. The number of amides is 2. The van der Waals surface area contributed by atoms with Gasteiger partial charge in [0, 0.05) is 31.8 Å². The van der Waals surface area contributed by atoms with Gasteiger partial charge in [-0.1, -0.05) is 30.3 Å². The highest BCUT2D eigenvalue weighted by atomic mass is 16.2. The lowest BCUT2D eigenvalue weighted by molar-refractivity contribution is 0.0826. The minimum atomic E-state index is -0.150. The van der Waals surface area contributed by atoms with Gasteiger partial charge in [0.25, 0.3) is 11.8 Å². The third-order valence-corrected chi connectivity index (χ3v) is 3.10. The van der Waals surface area contributed by atoms with Crippen molar-refractivity contribution in [1.82, 2.24) is 10.2 Å². The first-order chi connectivity index (χ1) is 10.1. The van der Waals surface area contributed by atoms with Gasteiger partial charge >= 0.3 is 0 Å². The lowest BCUT2D eigenvalue weighted by Gasteiger charge is -2.10. The van der Waals surface area contributed by atoms with Crippen LogP contribution >= 0.6 is 0 Å². The van der Waals surface area contributed by atoms with Crippen LogP contribution in [-0.4, -0.2) is 30.8 Å². The normalized spacial score (nSPS) is 10.0. The number of hydrogen-bond acceptors (Lipinski definition) is 2. The molecule has 0 aliphatic heterocycles. The van der Waals surface area contributed by atoms with E-state index in [1.165, 1.54) is 4.90 Å². The average molecular weight is 282 g/mol. The molecule has 0 atom stereocenters. The van der Waals surface area contributed by atoms with Crippen LogP contribution in [-0.2, 0) is 6.54 Å². The Balaban J connectivity index is 1.98. The van der Waals surface area contributed by atoms with Crippen molar-refractivity contribution in [2.24, 2.45) is 0 Å². The van der Waals surface area contributed by atoms with E-state index >= 15 is 0 Å². The number of carbonyl (C=O) groups excluding carboxylic acids is 2. The minimum absolute atomic E-state index is 0.0776. The smallest absolute Gasteiger partial charge is 0.253 e. The van der Waals surface area contributed by atoms with Crippen LogP contribution in [0.4, 0.5) is 0 Å². The molecule has 0 radical (unpaired) electrons. The highest BCUT2D eigenvalue weighted by molar-refractivity contribution is 5.97. The Labute approximate surface area is 124 Å². The molecule has 1 N–H and O–H groups in total. The highest BCUT2D eigenvalue weighted by Crippen LogP contribution is 2.07. The molecule has 21 heavy (non-hydrogen) atoms. The van der Waals surface area contributed by atoms with Gasteiger partial charge in [-0.25, -0.2) is 0 Å². The Morgan fingerprint density at radius 1 is 0.905 bits per heavy atom. The molecule has 0 bridgehead atoms. The predicted molar refractivity (Wildman–Crippen MR) is 82.1 cm³/mol. The lowest BCUT2D eigenvalue weighted by Crippen LogP contribution is -2.24. The largest absolute Gasteiger partial charge is 0.348 e. The van der Waals surface area contributed by atoms with Crippen LogP contribution in [0.3, 0.4) is 0 Å². The van der Waals surface area contributed by atoms with E-state index in [1.807, 2.05) is 30.3 Å². The molecule has 2 aromatic rings. The second-order valence-electron chi connectivity index (χ2n) is 4.95. The maximum absolute atomic E-state index is 12.0. The number of rotatable bonds is 4. The summed E-state index contributed by atoms with van der Waals surface area (Å²) < 4.78 is 0. The van der Waals surface area contributed by atoms with Gasteiger partial charge in [-0.05, 0) is 29.8 Å². The molecule has 0 fully saturated rings. The fraction of sp³-hybridized carbons (Fsp3) is 0.176. The Kier molecular flexibility index (Phi) is 4.72. The molecule has 0 aromatic heterocycles. The van der Waals surface area contributed by atoms with Crippen molar-refractivity contribution >= 4 is 11.8 Å². The minimum Gasteiger partial charge on any atom is -0.348 e. The summed E-state index contributed by atoms with van der Waals surface area (Å²) in [6, 6.07) is 16.4. The summed E-state index contributed by atoms with van der Waals surface area (Å²) in [4.78, 5) is 25.3. The van der Waals surface area contributed by atoms with Crippen LogP contribution in [0.1, 0.15) is 26.3 Å². The molecule has 4 heteroatoms. The molecule has 0 spiro atoms. The Bertz CT molecular complexity index is 619. The lowest BCUT2D eigenvalue weighted by atomic mass is 10.1. The fourth-order valence-electron chi connectivity index (χ4n) is 1.90. The van der Waals surface area contributed by atoms with E-state index in [0.29, 0.717) is 17.7 Å². The first-order valence-electron chi connectivity index (χ1n) is 6.72. The summed E-state index contributed by atoms with van der Waals surface area (Å²) in [6.07, 6.45) is 0. The van der Waals surface area contributed by atoms with Gasteiger partial charge in [0.1, 0.15) is 0 Å². The molecule has 0 aliphatic rings. The maximum atomic E-state index is 12.0. The summed E-state index contributed by atoms with van der Waals surface area (Å²) in [6.45, 7) is 0.484. The summed E-state index contributed by atoms with van der Waals surface area (Å²) >= 11 is 0. The summed E-state index contributed by atoms with van der Waals surface area (Å²) in [7, 11) is 3.39. The second kappa shape index (κ2) is 6.70. The van der Waals surface area contributed by atoms with E-state index in [2.05, 4.69) is 5.32 Å². The van der Waals surface area contributed by atoms with Crippen molar-refractivity contribution < 1.29 is 9.59 Å². The van der Waals surface area contributed by atoms with Crippen molar-refractivity contribution in [2.45, 2.75) is 6.54 Å². The van der Waals surface area contributed by atoms with Crippen molar-refractivity contribution in [3.05, 3.63) is 71.3 Å². The summed E-state index contributed by atoms with van der Waals surface area (Å²) in [5.74, 6) is -0.228. The number of nitrogens with zero attached hydrogens (tertiary/aromatic N) is 1. The van der Waals surface area contributed by atoms with Gasteiger partial charge in [-0.3, -0.25) is 9.59 Å². The van der Waals surface area contributed by atoms with E-state index in [0.717, 1.165) is 5.56 Å². The fourth-order valence-corrected chi connectivity index (χ4v) is 1.90. The summed E-state index contributed by atoms with van der Waals surface area (Å²) in [5.41, 5.74) is 2.16. The number of benzene rings is 2. The highest BCUT2D eigenvalue weighted by Gasteiger charge is 2.10. The van der Waals surface area contributed by atoms with Crippen LogP contribution < -0.4 is 5.32 Å². The zero-order chi connectivity index (χ0) is 15.2. The first-order valence-corrected chi connectivity index (χ1v) is 6.72. The Morgan fingerprint density at radius 2 is 1.48 bits per heavy atom. The van der Waals surface area contributed by atoms with Crippen LogP contribution in [0.5, 0.6) is 0 Å². The number of hydrogen-bond donors (Lipinski definition) is 1. The topological polar surface area (TPSA) is 49.4 Å². The van der Waals surface area contributed by atoms with Crippen LogP contribution in [0.2, 0.25) is 0 Å². The third-order valence-electron chi connectivity index (χ3n) is 3.10. The first kappa shape index (κ1) is 14.8. The SMILES string of the molecule is CN(C)C(=O)c1ccc(C(=O)NCc2ccccc2)cc1. The van der Waals surface area contributed by atoms with Gasteiger partial charge < -0.3 is 10.2 Å². The van der Waals surface area contributed by atoms with Crippen molar-refractivity contribution in [3.8, 4) is 0 Å². The molecule has 0 aliphatic carbocycles. The third kappa shape index (κ3) is 3.92. The van der Waals surface area contributed by atoms with Crippen LogP contribution in [0.15, 0.2) is 54.6 Å². The molecule has 0 saturated carbocycles. The molecule has 2 rings (SSSR count). The molecule has 2 amide bonds. The van der Waals surface area contributed by atoms with Crippen molar-refractivity contribution in [3.63, 3.8) is 0 Å². The van der Waals surface area contributed by atoms with E-state index in [-0.39, 0.29) is 11.8 Å². The predicted octanol–water partition coefficient (Wildman–Crippen LogP) is 2.32. The van der Waals surface area contributed by atoms with Gasteiger partial charge in [-0.2, -0.15) is 0 Å². The van der Waals surface area contributed by atoms with Gasteiger partial charge in [-0.15, -0.1) is 0 Å². The second-order valence-corrected chi connectivity index (χ2v) is 4.95. The molecule has 0 heterocycles. The number of nitrogens with one attached hydrogen (secondary N) is 1. The maximum Gasteiger partial charge on any atom is 0.253 e. The summed E-state index contributed by atoms with van der Waals surface area (Å²) in [5, 5.41) is 2.85. The van der Waals surface area contributed by atoms with E-state index in [9.17, 15) is 9.59 Å². The average Bonchev–Trinajstić information content (AvgIpc) is 2.53. The van der Waals surface area contributed by atoms with Gasteiger partial charge in [0.2, 0.25) is 0 Å². The Morgan fingerprint density at radius 3 is 2.05 bits per heavy atom. The van der Waals surface area contributed by atoms with E-state index < -0.39 is 0 Å². The Hall–Kier alpha value is -2.62. The van der Waals surface area contributed by atoms with Gasteiger partial charge in [0.15, 0.2) is 0 Å². The molecular weight excluding hydrogens is 264 g/mol. The molecule has 0 unspecified atom stereocenters. The molecule has 4 nitrogen and oxygen atoms in total. The molecule has 0 saturated heterocycles. The van der Waals surface area contributed by atoms with Crippen LogP contribution in [0, 0.1) is 0 Å². The van der Waals surface area contributed by atoms with E-state index in [4.69, 9.17) is 0 Å². The van der Waals surface area contributed by atoms with Crippen molar-refractivity contribution in [1.29, 1.82) is 0 Å². The molecule has 108 valence electrons. The van der Waals surface area contributed by atoms with Crippen LogP contribution in [0.25, 0.3) is 0 Å². The zero-order valence-electron chi connectivity index (χ0n) is 12.2. The van der Waals surface area contributed by atoms with E-state index in [1.54, 1.807) is 38.4 Å². The monoisotopic (exact) mass is 282 g/mol. The number of carbonyl (C=O) groups is 2. The van der Waals surface area contributed by atoms with Gasteiger partial charge in [0.05, 0.1) is 0 Å². The standard InChI is InChI=1S/C17H18N2O2/c1-19(2)17(21)15-10-8-14(9-11-15)16(20)18-12-13-6-4-3-5-7-13/h3-11H,12H2,1-2H3,(H,18,20). The molecular formula is C17H18N2O2. The molecule has 2 aromatic carbocycles.